The molecule has 1 aromatic rings. The molecule has 0 aromatic heterocycles. The van der Waals surface area contributed by atoms with Crippen LogP contribution in [0, 0.1) is 11.3 Å². The lowest BCUT2D eigenvalue weighted by molar-refractivity contribution is -0.0498. The molecule has 0 aliphatic heterocycles. The van der Waals surface area contributed by atoms with Crippen molar-refractivity contribution in [2.75, 3.05) is 0 Å². The molecule has 1 aromatic carbocycles. The molecule has 0 heterocycles. The summed E-state index contributed by atoms with van der Waals surface area (Å²) in [5, 5.41) is 8.74. The lowest BCUT2D eigenvalue weighted by atomic mass is 9.96. The standard InChI is InChI=1S/C12H14F2N2O/c1-12(16,8-15)7-6-9-2-4-10(5-3-9)17-11(13)14/h2-5,11H,6-7,16H2,1H3. The molecular weight excluding hydrogens is 226 g/mol. The van der Waals surface area contributed by atoms with E-state index in [0.29, 0.717) is 12.8 Å². The van der Waals surface area contributed by atoms with Crippen molar-refractivity contribution in [3.05, 3.63) is 29.8 Å². The minimum absolute atomic E-state index is 0.125. The minimum Gasteiger partial charge on any atom is -0.435 e. The highest BCUT2D eigenvalue weighted by molar-refractivity contribution is 5.27. The SMILES string of the molecule is CC(N)(C#N)CCc1ccc(OC(F)F)cc1. The third-order valence-electron chi connectivity index (χ3n) is 2.34. The number of alkyl halides is 2. The van der Waals surface area contributed by atoms with Crippen LogP contribution in [-0.4, -0.2) is 12.2 Å². The van der Waals surface area contributed by atoms with Gasteiger partial charge >= 0.3 is 6.61 Å². The van der Waals surface area contributed by atoms with Gasteiger partial charge in [-0.25, -0.2) is 0 Å². The first-order valence-electron chi connectivity index (χ1n) is 5.17. The molecule has 0 radical (unpaired) electrons. The highest BCUT2D eigenvalue weighted by Crippen LogP contribution is 2.17. The fourth-order valence-corrected chi connectivity index (χ4v) is 1.30. The van der Waals surface area contributed by atoms with Gasteiger partial charge in [0.05, 0.1) is 6.07 Å². The van der Waals surface area contributed by atoms with E-state index in [0.717, 1.165) is 5.56 Å². The number of nitrogens with two attached hydrogens (primary N) is 1. The van der Waals surface area contributed by atoms with Gasteiger partial charge in [0, 0.05) is 0 Å². The zero-order chi connectivity index (χ0) is 12.9. The van der Waals surface area contributed by atoms with Crippen molar-refractivity contribution in [2.45, 2.75) is 31.9 Å². The molecule has 92 valence electrons. The molecule has 0 bridgehead atoms. The second-order valence-electron chi connectivity index (χ2n) is 4.05. The highest BCUT2D eigenvalue weighted by atomic mass is 19.3. The summed E-state index contributed by atoms with van der Waals surface area (Å²) in [7, 11) is 0. The predicted octanol–water partition coefficient (Wildman–Crippen LogP) is 2.46. The minimum atomic E-state index is -2.81. The molecule has 1 unspecified atom stereocenters. The van der Waals surface area contributed by atoms with E-state index in [-0.39, 0.29) is 5.75 Å². The summed E-state index contributed by atoms with van der Waals surface area (Å²) in [5.41, 5.74) is 5.74. The van der Waals surface area contributed by atoms with Gasteiger partial charge < -0.3 is 10.5 Å². The molecule has 0 aliphatic rings. The molecule has 3 nitrogen and oxygen atoms in total. The molecule has 0 saturated carbocycles. The number of nitriles is 1. The van der Waals surface area contributed by atoms with Gasteiger partial charge in [-0.15, -0.1) is 0 Å². The molecule has 17 heavy (non-hydrogen) atoms. The van der Waals surface area contributed by atoms with Gasteiger partial charge in [0.25, 0.3) is 0 Å². The highest BCUT2D eigenvalue weighted by Gasteiger charge is 2.16. The predicted molar refractivity (Wildman–Crippen MR) is 59.6 cm³/mol. The third kappa shape index (κ3) is 4.79. The van der Waals surface area contributed by atoms with E-state index in [1.54, 1.807) is 19.1 Å². The Morgan fingerprint density at radius 2 is 2.00 bits per heavy atom. The Labute approximate surface area is 98.8 Å². The van der Waals surface area contributed by atoms with Crippen molar-refractivity contribution in [1.29, 1.82) is 5.26 Å². The second-order valence-corrected chi connectivity index (χ2v) is 4.05. The van der Waals surface area contributed by atoms with E-state index in [1.165, 1.54) is 12.1 Å². The number of ether oxygens (including phenoxy) is 1. The van der Waals surface area contributed by atoms with Gasteiger partial charge in [-0.05, 0) is 37.5 Å². The van der Waals surface area contributed by atoms with Crippen molar-refractivity contribution >= 4 is 0 Å². The summed E-state index contributed by atoms with van der Waals surface area (Å²) in [5.74, 6) is 0.125. The van der Waals surface area contributed by atoms with E-state index < -0.39 is 12.2 Å². The van der Waals surface area contributed by atoms with Gasteiger partial charge in [-0.2, -0.15) is 14.0 Å². The maximum absolute atomic E-state index is 11.9. The number of halogens is 2. The van der Waals surface area contributed by atoms with Crippen LogP contribution in [0.5, 0.6) is 5.75 Å². The first kappa shape index (κ1) is 13.4. The van der Waals surface area contributed by atoms with Crippen molar-refractivity contribution in [3.8, 4) is 11.8 Å². The third-order valence-corrected chi connectivity index (χ3v) is 2.34. The normalized spacial score (nSPS) is 14.1. The summed E-state index contributed by atoms with van der Waals surface area (Å²) in [4.78, 5) is 0. The Morgan fingerprint density at radius 3 is 2.47 bits per heavy atom. The summed E-state index contributed by atoms with van der Waals surface area (Å²) in [6.45, 7) is -1.16. The van der Waals surface area contributed by atoms with E-state index in [1.807, 2.05) is 6.07 Å². The van der Waals surface area contributed by atoms with Crippen LogP contribution in [0.4, 0.5) is 8.78 Å². The van der Waals surface area contributed by atoms with Gasteiger partial charge in [-0.3, -0.25) is 0 Å². The van der Waals surface area contributed by atoms with E-state index in [4.69, 9.17) is 11.0 Å². The Balaban J connectivity index is 2.55. The quantitative estimate of drug-likeness (QED) is 0.860. The second kappa shape index (κ2) is 5.60. The zero-order valence-corrected chi connectivity index (χ0v) is 9.49. The molecule has 0 amide bonds. The summed E-state index contributed by atoms with van der Waals surface area (Å²) in [6.07, 6.45) is 1.13. The van der Waals surface area contributed by atoms with Crippen LogP contribution in [-0.2, 0) is 6.42 Å². The molecule has 1 rings (SSSR count). The fourth-order valence-electron chi connectivity index (χ4n) is 1.30. The van der Waals surface area contributed by atoms with Crippen LogP contribution in [0.15, 0.2) is 24.3 Å². The Hall–Kier alpha value is -1.67. The van der Waals surface area contributed by atoms with Crippen molar-refractivity contribution in [1.82, 2.24) is 0 Å². The number of rotatable bonds is 5. The van der Waals surface area contributed by atoms with Crippen LogP contribution in [0.2, 0.25) is 0 Å². The average Bonchev–Trinajstić information content (AvgIpc) is 2.28. The van der Waals surface area contributed by atoms with Crippen molar-refractivity contribution in [3.63, 3.8) is 0 Å². The van der Waals surface area contributed by atoms with Crippen LogP contribution in [0.1, 0.15) is 18.9 Å². The molecule has 0 fully saturated rings. The summed E-state index contributed by atoms with van der Waals surface area (Å²) in [6, 6.07) is 8.32. The smallest absolute Gasteiger partial charge is 0.387 e. The van der Waals surface area contributed by atoms with Crippen LogP contribution >= 0.6 is 0 Å². The molecule has 0 saturated heterocycles. The average molecular weight is 240 g/mol. The molecule has 0 aliphatic carbocycles. The molecule has 5 heteroatoms. The fraction of sp³-hybridized carbons (Fsp3) is 0.417. The summed E-state index contributed by atoms with van der Waals surface area (Å²) >= 11 is 0. The monoisotopic (exact) mass is 240 g/mol. The number of nitrogens with zero attached hydrogens (tertiary/aromatic N) is 1. The Morgan fingerprint density at radius 1 is 1.41 bits per heavy atom. The number of hydrogen-bond acceptors (Lipinski definition) is 3. The lowest BCUT2D eigenvalue weighted by Gasteiger charge is -2.14. The van der Waals surface area contributed by atoms with Crippen molar-refractivity contribution < 1.29 is 13.5 Å². The number of hydrogen-bond donors (Lipinski definition) is 1. The summed E-state index contributed by atoms with van der Waals surface area (Å²) < 4.78 is 28.0. The van der Waals surface area contributed by atoms with Crippen LogP contribution in [0.3, 0.4) is 0 Å². The Bertz CT molecular complexity index is 396. The van der Waals surface area contributed by atoms with Gasteiger partial charge in [0.2, 0.25) is 0 Å². The molecule has 1 atom stereocenters. The zero-order valence-electron chi connectivity index (χ0n) is 9.49. The maximum atomic E-state index is 11.9. The van der Waals surface area contributed by atoms with E-state index in [2.05, 4.69) is 4.74 Å². The first-order chi connectivity index (χ1) is 7.93. The first-order valence-corrected chi connectivity index (χ1v) is 5.17. The van der Waals surface area contributed by atoms with Gasteiger partial charge in [0.15, 0.2) is 0 Å². The van der Waals surface area contributed by atoms with Gasteiger partial charge in [0.1, 0.15) is 11.3 Å². The number of aryl methyl sites for hydroxylation is 1. The van der Waals surface area contributed by atoms with E-state index in [9.17, 15) is 8.78 Å². The van der Waals surface area contributed by atoms with E-state index >= 15 is 0 Å². The molecule has 2 N–H and O–H groups in total. The molecule has 0 spiro atoms. The lowest BCUT2D eigenvalue weighted by Crippen LogP contribution is -2.34. The van der Waals surface area contributed by atoms with Crippen molar-refractivity contribution in [2.24, 2.45) is 5.73 Å². The number of benzene rings is 1. The topological polar surface area (TPSA) is 59.0 Å². The largest absolute Gasteiger partial charge is 0.435 e. The van der Waals surface area contributed by atoms with Gasteiger partial charge in [-0.1, -0.05) is 12.1 Å². The molecular formula is C12H14F2N2O. The van der Waals surface area contributed by atoms with Crippen LogP contribution in [0.25, 0.3) is 0 Å². The van der Waals surface area contributed by atoms with Crippen LogP contribution < -0.4 is 10.5 Å². The Kier molecular flexibility index (Phi) is 4.41. The maximum Gasteiger partial charge on any atom is 0.387 e.